The number of para-hydroxylation sites is 1. The lowest BCUT2D eigenvalue weighted by Gasteiger charge is -2.15. The Hall–Kier alpha value is -4.00. The molecule has 0 bridgehead atoms. The fourth-order valence-electron chi connectivity index (χ4n) is 3.74. The van der Waals surface area contributed by atoms with Gasteiger partial charge in [0.2, 0.25) is 5.91 Å². The number of rotatable bonds is 5. The van der Waals surface area contributed by atoms with Crippen molar-refractivity contribution in [2.45, 2.75) is 33.9 Å². The Balaban J connectivity index is 1.76. The van der Waals surface area contributed by atoms with Crippen molar-refractivity contribution in [1.82, 2.24) is 14.1 Å². The van der Waals surface area contributed by atoms with Gasteiger partial charge < -0.3 is 5.32 Å². The number of nitrogens with zero attached hydrogens (tertiary/aromatic N) is 3. The minimum absolute atomic E-state index is 0.112. The molecule has 4 aromatic rings. The summed E-state index contributed by atoms with van der Waals surface area (Å²) in [6, 6.07) is 16.6. The number of fused-ring (bicyclic) bond motifs is 1. The highest BCUT2D eigenvalue weighted by Gasteiger charge is 2.17. The van der Waals surface area contributed by atoms with E-state index in [0.717, 1.165) is 32.5 Å². The summed E-state index contributed by atoms with van der Waals surface area (Å²) in [6.45, 7) is 5.65. The normalized spacial score (nSPS) is 11.0. The predicted octanol–water partition coefficient (Wildman–Crippen LogP) is 3.17. The highest BCUT2D eigenvalue weighted by atomic mass is 16.2. The van der Waals surface area contributed by atoms with E-state index in [1.54, 1.807) is 12.1 Å². The van der Waals surface area contributed by atoms with Crippen molar-refractivity contribution in [2.24, 2.45) is 0 Å². The average molecular weight is 428 g/mol. The fourth-order valence-corrected chi connectivity index (χ4v) is 3.74. The maximum atomic E-state index is 13.3. The number of carbonyl (C=O) groups excluding carboxylic acids is 1. The molecule has 32 heavy (non-hydrogen) atoms. The Bertz CT molecular complexity index is 1410. The highest BCUT2D eigenvalue weighted by molar-refractivity contribution is 5.92. The van der Waals surface area contributed by atoms with Gasteiger partial charge in [0.1, 0.15) is 12.2 Å². The van der Waals surface area contributed by atoms with Crippen LogP contribution in [0.3, 0.4) is 0 Å². The van der Waals surface area contributed by atoms with Crippen LogP contribution in [0.5, 0.6) is 0 Å². The zero-order chi connectivity index (χ0) is 22.8. The molecule has 1 N–H and O–H groups in total. The van der Waals surface area contributed by atoms with E-state index < -0.39 is 11.2 Å². The summed E-state index contributed by atoms with van der Waals surface area (Å²) in [5, 5.41) is 3.19. The minimum Gasteiger partial charge on any atom is -0.324 e. The zero-order valence-corrected chi connectivity index (χ0v) is 18.3. The SMILES string of the molecule is Cc1ccc(Cn2c(=O)c3cccnc3n(CC(=O)Nc3c(C)cccc3C)c2=O)cc1. The molecule has 0 aliphatic carbocycles. The summed E-state index contributed by atoms with van der Waals surface area (Å²) in [5.74, 6) is -0.364. The van der Waals surface area contributed by atoms with Crippen LogP contribution < -0.4 is 16.6 Å². The van der Waals surface area contributed by atoms with Gasteiger partial charge in [0.25, 0.3) is 5.56 Å². The molecule has 0 saturated carbocycles. The Morgan fingerprint density at radius 3 is 2.28 bits per heavy atom. The summed E-state index contributed by atoms with van der Waals surface area (Å²) in [5.41, 5.74) is 3.68. The van der Waals surface area contributed by atoms with Gasteiger partial charge >= 0.3 is 5.69 Å². The molecule has 0 fully saturated rings. The van der Waals surface area contributed by atoms with Crippen molar-refractivity contribution < 1.29 is 4.79 Å². The molecular formula is C25H24N4O3. The summed E-state index contributed by atoms with van der Waals surface area (Å²) in [6.07, 6.45) is 1.51. The molecule has 2 aromatic carbocycles. The van der Waals surface area contributed by atoms with Crippen molar-refractivity contribution >= 4 is 22.6 Å². The van der Waals surface area contributed by atoms with Crippen LogP contribution in [0.2, 0.25) is 0 Å². The molecule has 0 spiro atoms. The third kappa shape index (κ3) is 4.09. The maximum Gasteiger partial charge on any atom is 0.333 e. The minimum atomic E-state index is -0.571. The quantitative estimate of drug-likeness (QED) is 0.529. The van der Waals surface area contributed by atoms with Crippen LogP contribution >= 0.6 is 0 Å². The molecule has 0 aliphatic rings. The van der Waals surface area contributed by atoms with E-state index in [2.05, 4.69) is 10.3 Å². The smallest absolute Gasteiger partial charge is 0.324 e. The van der Waals surface area contributed by atoms with Gasteiger partial charge in [0.05, 0.1) is 11.9 Å². The Labute approximate surface area is 185 Å². The van der Waals surface area contributed by atoms with Gasteiger partial charge in [0, 0.05) is 11.9 Å². The molecular weight excluding hydrogens is 404 g/mol. The van der Waals surface area contributed by atoms with Crippen LogP contribution in [0, 0.1) is 20.8 Å². The van der Waals surface area contributed by atoms with E-state index in [0.29, 0.717) is 5.39 Å². The topological polar surface area (TPSA) is 86.0 Å². The second-order valence-electron chi connectivity index (χ2n) is 7.94. The monoisotopic (exact) mass is 428 g/mol. The first kappa shape index (κ1) is 21.2. The first-order chi connectivity index (χ1) is 15.3. The van der Waals surface area contributed by atoms with E-state index in [9.17, 15) is 14.4 Å². The van der Waals surface area contributed by atoms with E-state index in [-0.39, 0.29) is 24.6 Å². The lowest BCUT2D eigenvalue weighted by molar-refractivity contribution is -0.116. The summed E-state index contributed by atoms with van der Waals surface area (Å²) >= 11 is 0. The number of benzene rings is 2. The molecule has 4 rings (SSSR count). The number of aromatic nitrogens is 3. The van der Waals surface area contributed by atoms with Gasteiger partial charge in [-0.3, -0.25) is 18.7 Å². The van der Waals surface area contributed by atoms with Crippen LogP contribution in [0.4, 0.5) is 5.69 Å². The lowest BCUT2D eigenvalue weighted by Crippen LogP contribution is -2.42. The molecule has 0 aliphatic heterocycles. The third-order valence-electron chi connectivity index (χ3n) is 5.49. The molecule has 7 nitrogen and oxygen atoms in total. The molecule has 2 aromatic heterocycles. The molecule has 7 heteroatoms. The van der Waals surface area contributed by atoms with Crippen LogP contribution in [0.25, 0.3) is 11.0 Å². The largest absolute Gasteiger partial charge is 0.333 e. The van der Waals surface area contributed by atoms with E-state index >= 15 is 0 Å². The second kappa shape index (κ2) is 8.63. The van der Waals surface area contributed by atoms with Gasteiger partial charge in [-0.25, -0.2) is 9.78 Å². The third-order valence-corrected chi connectivity index (χ3v) is 5.49. The van der Waals surface area contributed by atoms with Gasteiger partial charge in [-0.15, -0.1) is 0 Å². The van der Waals surface area contributed by atoms with Gasteiger partial charge in [-0.1, -0.05) is 48.0 Å². The molecule has 162 valence electrons. The summed E-state index contributed by atoms with van der Waals surface area (Å²) in [7, 11) is 0. The van der Waals surface area contributed by atoms with Crippen molar-refractivity contribution in [1.29, 1.82) is 0 Å². The molecule has 0 atom stereocenters. The second-order valence-corrected chi connectivity index (χ2v) is 7.94. The first-order valence-corrected chi connectivity index (χ1v) is 10.3. The predicted molar refractivity (Wildman–Crippen MR) is 125 cm³/mol. The van der Waals surface area contributed by atoms with E-state index in [4.69, 9.17) is 0 Å². The number of pyridine rings is 1. The number of amides is 1. The molecule has 0 radical (unpaired) electrons. The van der Waals surface area contributed by atoms with Crippen LogP contribution in [0.1, 0.15) is 22.3 Å². The maximum absolute atomic E-state index is 13.3. The average Bonchev–Trinajstić information content (AvgIpc) is 2.78. The van der Waals surface area contributed by atoms with Crippen LogP contribution in [0.15, 0.2) is 70.4 Å². The molecule has 2 heterocycles. The van der Waals surface area contributed by atoms with Crippen molar-refractivity contribution in [3.63, 3.8) is 0 Å². The van der Waals surface area contributed by atoms with E-state index in [1.165, 1.54) is 10.8 Å². The number of hydrogen-bond acceptors (Lipinski definition) is 4. The number of anilines is 1. The van der Waals surface area contributed by atoms with Crippen LogP contribution in [-0.4, -0.2) is 20.0 Å². The molecule has 0 unspecified atom stereocenters. The number of carbonyl (C=O) groups is 1. The van der Waals surface area contributed by atoms with E-state index in [1.807, 2.05) is 63.2 Å². The van der Waals surface area contributed by atoms with Gasteiger partial charge in [-0.2, -0.15) is 0 Å². The van der Waals surface area contributed by atoms with Gasteiger partial charge in [-0.05, 0) is 49.6 Å². The number of nitrogens with one attached hydrogen (secondary N) is 1. The Morgan fingerprint density at radius 2 is 1.59 bits per heavy atom. The van der Waals surface area contributed by atoms with Gasteiger partial charge in [0.15, 0.2) is 0 Å². The fraction of sp³-hybridized carbons (Fsp3) is 0.200. The van der Waals surface area contributed by atoms with Crippen molar-refractivity contribution in [3.05, 3.63) is 104 Å². The molecule has 0 saturated heterocycles. The summed E-state index contributed by atoms with van der Waals surface area (Å²) < 4.78 is 2.41. The van der Waals surface area contributed by atoms with Crippen molar-refractivity contribution in [3.8, 4) is 0 Å². The Morgan fingerprint density at radius 1 is 0.906 bits per heavy atom. The van der Waals surface area contributed by atoms with Crippen molar-refractivity contribution in [2.75, 3.05) is 5.32 Å². The number of hydrogen-bond donors (Lipinski definition) is 1. The lowest BCUT2D eigenvalue weighted by atomic mass is 10.1. The first-order valence-electron chi connectivity index (χ1n) is 10.3. The Kier molecular flexibility index (Phi) is 5.73. The number of aryl methyl sites for hydroxylation is 3. The summed E-state index contributed by atoms with van der Waals surface area (Å²) in [4.78, 5) is 43.5. The van der Waals surface area contributed by atoms with Crippen LogP contribution in [-0.2, 0) is 17.9 Å². The molecule has 1 amide bonds. The standard InChI is InChI=1S/C25H24N4O3/c1-16-9-11-19(12-10-16)14-29-24(31)20-8-5-13-26-23(20)28(25(29)32)15-21(30)27-22-17(2)6-4-7-18(22)3/h4-13H,14-15H2,1-3H3,(H,27,30). The highest BCUT2D eigenvalue weighted by Crippen LogP contribution is 2.19. The zero-order valence-electron chi connectivity index (χ0n) is 18.3.